The summed E-state index contributed by atoms with van der Waals surface area (Å²) in [7, 11) is 0. The highest BCUT2D eigenvalue weighted by atomic mass is 32.1. The Balaban J connectivity index is 2.84. The van der Waals surface area contributed by atoms with E-state index in [0.29, 0.717) is 11.8 Å². The third-order valence-corrected chi connectivity index (χ3v) is 3.82. The fraction of sp³-hybridized carbons (Fsp3) is 0.769. The molecule has 0 spiro atoms. The van der Waals surface area contributed by atoms with Crippen molar-refractivity contribution in [3.8, 4) is 0 Å². The number of rotatable bonds is 6. The maximum Gasteiger partial charge on any atom is 0.0957 e. The molecule has 0 atom stereocenters. The lowest BCUT2D eigenvalue weighted by Gasteiger charge is -2.05. The maximum absolute atomic E-state index is 4.78. The minimum absolute atomic E-state index is 0.547. The van der Waals surface area contributed by atoms with Gasteiger partial charge in [0, 0.05) is 17.3 Å². The minimum Gasteiger partial charge on any atom is -0.312 e. The Morgan fingerprint density at radius 2 is 1.94 bits per heavy atom. The molecular formula is C13H24N2S. The zero-order valence-electron chi connectivity index (χ0n) is 11.1. The molecule has 92 valence electrons. The third-order valence-electron chi connectivity index (χ3n) is 2.43. The van der Waals surface area contributed by atoms with Gasteiger partial charge in [-0.2, -0.15) is 0 Å². The first-order valence-electron chi connectivity index (χ1n) is 6.23. The summed E-state index contributed by atoms with van der Waals surface area (Å²) in [6.07, 6.45) is 1.10. The van der Waals surface area contributed by atoms with Crippen LogP contribution in [0.5, 0.6) is 0 Å². The molecule has 1 heterocycles. The lowest BCUT2D eigenvalue weighted by molar-refractivity contribution is 0.625. The second-order valence-electron chi connectivity index (χ2n) is 4.95. The smallest absolute Gasteiger partial charge is 0.0957 e. The zero-order chi connectivity index (χ0) is 12.1. The Kier molecular flexibility index (Phi) is 5.42. The van der Waals surface area contributed by atoms with Gasteiger partial charge in [0.1, 0.15) is 0 Å². The molecule has 0 aromatic carbocycles. The maximum atomic E-state index is 4.78. The van der Waals surface area contributed by atoms with E-state index in [9.17, 15) is 0 Å². The highest BCUT2D eigenvalue weighted by Gasteiger charge is 2.13. The molecule has 0 aliphatic heterocycles. The molecule has 0 saturated carbocycles. The number of nitrogens with zero attached hydrogens (tertiary/aromatic N) is 1. The van der Waals surface area contributed by atoms with E-state index in [-0.39, 0.29) is 0 Å². The van der Waals surface area contributed by atoms with Crippen LogP contribution in [0.1, 0.15) is 56.1 Å². The molecule has 1 aromatic heterocycles. The summed E-state index contributed by atoms with van der Waals surface area (Å²) in [6, 6.07) is 0. The van der Waals surface area contributed by atoms with E-state index >= 15 is 0 Å². The van der Waals surface area contributed by atoms with Crippen molar-refractivity contribution in [2.75, 3.05) is 6.54 Å². The summed E-state index contributed by atoms with van der Waals surface area (Å²) in [5.41, 5.74) is 1.31. The molecule has 16 heavy (non-hydrogen) atoms. The van der Waals surface area contributed by atoms with Crippen LogP contribution in [0.25, 0.3) is 0 Å². The van der Waals surface area contributed by atoms with Crippen LogP contribution in [-0.4, -0.2) is 11.5 Å². The van der Waals surface area contributed by atoms with Crippen LogP contribution in [0.4, 0.5) is 0 Å². The molecule has 1 aromatic rings. The van der Waals surface area contributed by atoms with Gasteiger partial charge in [0.15, 0.2) is 0 Å². The summed E-state index contributed by atoms with van der Waals surface area (Å²) >= 11 is 1.88. The minimum atomic E-state index is 0.547. The topological polar surface area (TPSA) is 24.9 Å². The summed E-state index contributed by atoms with van der Waals surface area (Å²) < 4.78 is 0. The predicted molar refractivity (Wildman–Crippen MR) is 72.1 cm³/mol. The van der Waals surface area contributed by atoms with Crippen LogP contribution >= 0.6 is 11.3 Å². The van der Waals surface area contributed by atoms with Gasteiger partial charge in [0.25, 0.3) is 0 Å². The number of aromatic nitrogens is 1. The average molecular weight is 240 g/mol. The molecule has 0 unspecified atom stereocenters. The molecule has 0 aliphatic rings. The molecule has 1 N–H and O–H groups in total. The van der Waals surface area contributed by atoms with Crippen molar-refractivity contribution in [2.45, 2.75) is 53.5 Å². The fourth-order valence-corrected chi connectivity index (χ4v) is 2.64. The van der Waals surface area contributed by atoms with Gasteiger partial charge in [-0.1, -0.05) is 34.6 Å². The fourth-order valence-electron chi connectivity index (χ4n) is 1.57. The second kappa shape index (κ2) is 6.36. The summed E-state index contributed by atoms with van der Waals surface area (Å²) in [6.45, 7) is 13.1. The Morgan fingerprint density at radius 3 is 2.44 bits per heavy atom. The lowest BCUT2D eigenvalue weighted by atomic mass is 10.1. The van der Waals surface area contributed by atoms with E-state index in [0.717, 1.165) is 19.5 Å². The zero-order valence-corrected chi connectivity index (χ0v) is 11.9. The highest BCUT2D eigenvalue weighted by Crippen LogP contribution is 2.26. The number of thiazole rings is 1. The van der Waals surface area contributed by atoms with Gasteiger partial charge in [-0.05, 0) is 18.9 Å². The molecule has 0 radical (unpaired) electrons. The molecule has 0 aliphatic carbocycles. The number of hydrogen-bond acceptors (Lipinski definition) is 3. The van der Waals surface area contributed by atoms with Gasteiger partial charge in [-0.15, -0.1) is 11.3 Å². The highest BCUT2D eigenvalue weighted by molar-refractivity contribution is 7.11. The molecule has 0 saturated heterocycles. The Bertz CT molecular complexity index is 316. The Labute approximate surface area is 103 Å². The van der Waals surface area contributed by atoms with E-state index in [2.05, 4.69) is 39.9 Å². The first-order valence-corrected chi connectivity index (χ1v) is 7.05. The van der Waals surface area contributed by atoms with Gasteiger partial charge in [0.2, 0.25) is 0 Å². The van der Waals surface area contributed by atoms with Crippen LogP contribution in [0.3, 0.4) is 0 Å². The largest absolute Gasteiger partial charge is 0.312 e. The van der Waals surface area contributed by atoms with Crippen molar-refractivity contribution in [1.82, 2.24) is 10.3 Å². The molecule has 0 bridgehead atoms. The van der Waals surface area contributed by atoms with Crippen LogP contribution in [0.2, 0.25) is 0 Å². The first kappa shape index (κ1) is 13.7. The molecule has 3 heteroatoms. The van der Waals surface area contributed by atoms with E-state index in [4.69, 9.17) is 4.98 Å². The second-order valence-corrected chi connectivity index (χ2v) is 6.07. The molecule has 0 fully saturated rings. The number of nitrogens with one attached hydrogen (secondary N) is 1. The molecule has 0 amide bonds. The summed E-state index contributed by atoms with van der Waals surface area (Å²) in [5, 5.41) is 4.68. The van der Waals surface area contributed by atoms with E-state index in [1.54, 1.807) is 0 Å². The lowest BCUT2D eigenvalue weighted by Crippen LogP contribution is -2.12. The van der Waals surface area contributed by atoms with Crippen LogP contribution < -0.4 is 5.32 Å². The quantitative estimate of drug-likeness (QED) is 0.822. The Morgan fingerprint density at radius 1 is 1.25 bits per heavy atom. The van der Waals surface area contributed by atoms with Gasteiger partial charge in [-0.3, -0.25) is 0 Å². The SMILES string of the molecule is CCNCc1sc(C(C)C)nc1CC(C)C. The number of hydrogen-bond donors (Lipinski definition) is 1. The van der Waals surface area contributed by atoms with Crippen LogP contribution in [0, 0.1) is 5.92 Å². The molecular weight excluding hydrogens is 216 g/mol. The third kappa shape index (κ3) is 3.87. The van der Waals surface area contributed by atoms with Gasteiger partial charge < -0.3 is 5.32 Å². The van der Waals surface area contributed by atoms with Crippen LogP contribution in [0.15, 0.2) is 0 Å². The van der Waals surface area contributed by atoms with Crippen molar-refractivity contribution in [2.24, 2.45) is 5.92 Å². The molecule has 2 nitrogen and oxygen atoms in total. The van der Waals surface area contributed by atoms with Crippen molar-refractivity contribution in [3.05, 3.63) is 15.6 Å². The van der Waals surface area contributed by atoms with Crippen LogP contribution in [-0.2, 0) is 13.0 Å². The van der Waals surface area contributed by atoms with E-state index in [1.165, 1.54) is 15.6 Å². The van der Waals surface area contributed by atoms with Crippen molar-refractivity contribution < 1.29 is 0 Å². The van der Waals surface area contributed by atoms with E-state index < -0.39 is 0 Å². The van der Waals surface area contributed by atoms with Crippen molar-refractivity contribution in [1.29, 1.82) is 0 Å². The monoisotopic (exact) mass is 240 g/mol. The van der Waals surface area contributed by atoms with Gasteiger partial charge >= 0.3 is 0 Å². The van der Waals surface area contributed by atoms with E-state index in [1.807, 2.05) is 11.3 Å². The molecule has 1 rings (SSSR count). The average Bonchev–Trinajstić information content (AvgIpc) is 2.57. The predicted octanol–water partition coefficient (Wildman–Crippen LogP) is 3.57. The van der Waals surface area contributed by atoms with Crippen molar-refractivity contribution in [3.63, 3.8) is 0 Å². The van der Waals surface area contributed by atoms with Crippen molar-refractivity contribution >= 4 is 11.3 Å². The Hall–Kier alpha value is -0.410. The summed E-state index contributed by atoms with van der Waals surface area (Å²) in [4.78, 5) is 6.21. The standard InChI is InChI=1S/C13H24N2S/c1-6-14-8-12-11(7-9(2)3)15-13(16-12)10(4)5/h9-10,14H,6-8H2,1-5H3. The normalized spacial score (nSPS) is 11.7. The van der Waals surface area contributed by atoms with Gasteiger partial charge in [-0.25, -0.2) is 4.98 Å². The summed E-state index contributed by atoms with van der Waals surface area (Å²) in [5.74, 6) is 1.23. The van der Waals surface area contributed by atoms with Gasteiger partial charge in [0.05, 0.1) is 10.7 Å². The first-order chi connectivity index (χ1) is 7.54.